The molecule has 4 heteroatoms. The van der Waals surface area contributed by atoms with E-state index in [1.807, 2.05) is 6.92 Å². The van der Waals surface area contributed by atoms with Crippen molar-refractivity contribution in [3.63, 3.8) is 0 Å². The minimum atomic E-state index is -0.407. The van der Waals surface area contributed by atoms with Gasteiger partial charge in [0, 0.05) is 12.6 Å². The lowest BCUT2D eigenvalue weighted by molar-refractivity contribution is -0.120. The lowest BCUT2D eigenvalue weighted by Crippen LogP contribution is -2.40. The lowest BCUT2D eigenvalue weighted by Gasteiger charge is -2.13. The maximum atomic E-state index is 11.3. The Bertz CT molecular complexity index is 160. The molecule has 0 aromatic carbocycles. The van der Waals surface area contributed by atoms with E-state index in [2.05, 4.69) is 17.6 Å². The predicted octanol–water partition coefficient (Wildman–Crippen LogP) is 0.262. The topological polar surface area (TPSA) is 61.4 Å². The van der Waals surface area contributed by atoms with Gasteiger partial charge in [0.15, 0.2) is 0 Å². The maximum Gasteiger partial charge on any atom is 0.234 e. The third-order valence-electron chi connectivity index (χ3n) is 1.85. The first-order valence-electron chi connectivity index (χ1n) is 5.24. The summed E-state index contributed by atoms with van der Waals surface area (Å²) in [5.74, 6) is -0.00778. The zero-order valence-electron chi connectivity index (χ0n) is 9.34. The van der Waals surface area contributed by atoms with E-state index in [9.17, 15) is 4.79 Å². The molecule has 4 nitrogen and oxygen atoms in total. The molecule has 0 aliphatic rings. The Morgan fingerprint density at radius 3 is 2.57 bits per heavy atom. The van der Waals surface area contributed by atoms with E-state index in [1.165, 1.54) is 0 Å². The van der Waals surface area contributed by atoms with Crippen molar-refractivity contribution < 1.29 is 9.90 Å². The molecule has 0 saturated heterocycles. The molecule has 14 heavy (non-hydrogen) atoms. The molecule has 0 aliphatic heterocycles. The first-order chi connectivity index (χ1) is 6.56. The number of aliphatic hydroxyl groups excluding tert-OH is 1. The number of carbonyl (C=O) groups is 1. The number of aliphatic hydroxyl groups is 1. The van der Waals surface area contributed by atoms with Crippen molar-refractivity contribution in [1.29, 1.82) is 0 Å². The van der Waals surface area contributed by atoms with E-state index in [1.54, 1.807) is 6.92 Å². The van der Waals surface area contributed by atoms with Gasteiger partial charge >= 0.3 is 0 Å². The Labute approximate surface area is 86.1 Å². The van der Waals surface area contributed by atoms with Crippen LogP contribution in [0.15, 0.2) is 0 Å². The third kappa shape index (κ3) is 8.01. The Kier molecular flexibility index (Phi) is 7.42. The average Bonchev–Trinajstić information content (AvgIpc) is 2.03. The van der Waals surface area contributed by atoms with Crippen molar-refractivity contribution in [3.8, 4) is 0 Å². The maximum absolute atomic E-state index is 11.3. The molecule has 2 unspecified atom stereocenters. The monoisotopic (exact) mass is 202 g/mol. The van der Waals surface area contributed by atoms with Gasteiger partial charge in [0.1, 0.15) is 0 Å². The Hall–Kier alpha value is -0.610. The van der Waals surface area contributed by atoms with Crippen LogP contribution in [0, 0.1) is 0 Å². The van der Waals surface area contributed by atoms with Crippen molar-refractivity contribution in [1.82, 2.24) is 10.6 Å². The van der Waals surface area contributed by atoms with Crippen molar-refractivity contribution in [2.45, 2.75) is 45.8 Å². The first kappa shape index (κ1) is 13.4. The smallest absolute Gasteiger partial charge is 0.234 e. The summed E-state index contributed by atoms with van der Waals surface area (Å²) in [5, 5.41) is 14.7. The minimum Gasteiger partial charge on any atom is -0.392 e. The Morgan fingerprint density at radius 1 is 1.43 bits per heavy atom. The summed E-state index contributed by atoms with van der Waals surface area (Å²) in [6, 6.07) is 0.237. The van der Waals surface area contributed by atoms with Crippen LogP contribution in [0.5, 0.6) is 0 Å². The van der Waals surface area contributed by atoms with Crippen molar-refractivity contribution in [2.24, 2.45) is 0 Å². The van der Waals surface area contributed by atoms with Gasteiger partial charge in [-0.05, 0) is 20.3 Å². The van der Waals surface area contributed by atoms with Gasteiger partial charge in [-0.3, -0.25) is 4.79 Å². The van der Waals surface area contributed by atoms with Crippen molar-refractivity contribution in [3.05, 3.63) is 0 Å². The van der Waals surface area contributed by atoms with Crippen LogP contribution in [0.4, 0.5) is 0 Å². The summed E-state index contributed by atoms with van der Waals surface area (Å²) < 4.78 is 0. The molecule has 0 spiro atoms. The van der Waals surface area contributed by atoms with E-state index in [0.717, 1.165) is 12.8 Å². The fourth-order valence-corrected chi connectivity index (χ4v) is 1.23. The zero-order valence-corrected chi connectivity index (χ0v) is 9.34. The van der Waals surface area contributed by atoms with E-state index < -0.39 is 6.10 Å². The SMILES string of the molecule is CCCC(C)NC(=O)CNCC(C)O. The van der Waals surface area contributed by atoms with Crippen LogP contribution in [-0.4, -0.2) is 36.2 Å². The van der Waals surface area contributed by atoms with E-state index >= 15 is 0 Å². The van der Waals surface area contributed by atoms with Gasteiger partial charge in [0.2, 0.25) is 5.91 Å². The number of amides is 1. The second-order valence-corrected chi connectivity index (χ2v) is 3.74. The highest BCUT2D eigenvalue weighted by Gasteiger charge is 2.05. The molecule has 0 fully saturated rings. The highest BCUT2D eigenvalue weighted by atomic mass is 16.3. The van der Waals surface area contributed by atoms with Crippen LogP contribution in [-0.2, 0) is 4.79 Å². The van der Waals surface area contributed by atoms with Crippen LogP contribution in [0.2, 0.25) is 0 Å². The third-order valence-corrected chi connectivity index (χ3v) is 1.85. The van der Waals surface area contributed by atoms with Gasteiger partial charge in [-0.1, -0.05) is 13.3 Å². The van der Waals surface area contributed by atoms with E-state index in [0.29, 0.717) is 6.54 Å². The molecule has 84 valence electrons. The molecule has 0 aromatic heterocycles. The van der Waals surface area contributed by atoms with Gasteiger partial charge in [0.05, 0.1) is 12.6 Å². The predicted molar refractivity (Wildman–Crippen MR) is 57.1 cm³/mol. The van der Waals surface area contributed by atoms with Gasteiger partial charge < -0.3 is 15.7 Å². The van der Waals surface area contributed by atoms with Crippen LogP contribution >= 0.6 is 0 Å². The second-order valence-electron chi connectivity index (χ2n) is 3.74. The van der Waals surface area contributed by atoms with Gasteiger partial charge in [-0.25, -0.2) is 0 Å². The van der Waals surface area contributed by atoms with Crippen LogP contribution < -0.4 is 10.6 Å². The summed E-state index contributed by atoms with van der Waals surface area (Å²) in [6.07, 6.45) is 1.67. The van der Waals surface area contributed by atoms with E-state index in [-0.39, 0.29) is 18.5 Å². The molecule has 1 amide bonds. The summed E-state index contributed by atoms with van der Waals surface area (Å²) >= 11 is 0. The van der Waals surface area contributed by atoms with Gasteiger partial charge in [0.25, 0.3) is 0 Å². The fourth-order valence-electron chi connectivity index (χ4n) is 1.23. The van der Waals surface area contributed by atoms with Crippen LogP contribution in [0.25, 0.3) is 0 Å². The number of nitrogens with one attached hydrogen (secondary N) is 2. The number of carbonyl (C=O) groups excluding carboxylic acids is 1. The molecular formula is C10H22N2O2. The summed E-state index contributed by atoms with van der Waals surface area (Å²) in [4.78, 5) is 11.3. The van der Waals surface area contributed by atoms with Crippen LogP contribution in [0.1, 0.15) is 33.6 Å². The average molecular weight is 202 g/mol. The van der Waals surface area contributed by atoms with E-state index in [4.69, 9.17) is 5.11 Å². The molecule has 0 rings (SSSR count). The van der Waals surface area contributed by atoms with Crippen molar-refractivity contribution in [2.75, 3.05) is 13.1 Å². The highest BCUT2D eigenvalue weighted by molar-refractivity contribution is 5.78. The molecule has 0 aliphatic carbocycles. The van der Waals surface area contributed by atoms with Gasteiger partial charge in [-0.2, -0.15) is 0 Å². The van der Waals surface area contributed by atoms with Crippen LogP contribution in [0.3, 0.4) is 0 Å². The largest absolute Gasteiger partial charge is 0.392 e. The normalized spacial score (nSPS) is 14.9. The second kappa shape index (κ2) is 7.76. The quantitative estimate of drug-likeness (QED) is 0.555. The lowest BCUT2D eigenvalue weighted by atomic mass is 10.2. The molecule has 3 N–H and O–H groups in total. The highest BCUT2D eigenvalue weighted by Crippen LogP contribution is 1.93. The first-order valence-corrected chi connectivity index (χ1v) is 5.24. The molecular weight excluding hydrogens is 180 g/mol. The molecule has 0 saturated carbocycles. The Morgan fingerprint density at radius 2 is 2.07 bits per heavy atom. The molecule has 2 atom stereocenters. The number of rotatable bonds is 7. The summed E-state index contributed by atoms with van der Waals surface area (Å²) in [5.41, 5.74) is 0. The Balaban J connectivity index is 3.45. The standard InChI is InChI=1S/C10H22N2O2/c1-4-5-8(2)12-10(14)7-11-6-9(3)13/h8-9,11,13H,4-7H2,1-3H3,(H,12,14). The molecule has 0 radical (unpaired) electrons. The number of hydrogen-bond donors (Lipinski definition) is 3. The molecule has 0 heterocycles. The summed E-state index contributed by atoms with van der Waals surface area (Å²) in [6.45, 7) is 6.50. The molecule has 0 bridgehead atoms. The molecule has 0 aromatic rings. The zero-order chi connectivity index (χ0) is 11.0. The van der Waals surface area contributed by atoms with Gasteiger partial charge in [-0.15, -0.1) is 0 Å². The number of hydrogen-bond acceptors (Lipinski definition) is 3. The summed E-state index contributed by atoms with van der Waals surface area (Å²) in [7, 11) is 0. The minimum absolute atomic E-state index is 0.00778. The van der Waals surface area contributed by atoms with Crippen molar-refractivity contribution >= 4 is 5.91 Å². The fraction of sp³-hybridized carbons (Fsp3) is 0.900.